The van der Waals surface area contributed by atoms with Crippen molar-refractivity contribution >= 4 is 20.2 Å². The van der Waals surface area contributed by atoms with Crippen LogP contribution >= 0.6 is 0 Å². The number of nitrogens with zero attached hydrogens (tertiary/aromatic N) is 4. The Morgan fingerprint density at radius 1 is 0.707 bits per heavy atom. The van der Waals surface area contributed by atoms with Crippen LogP contribution in [0.1, 0.15) is 37.1 Å². The molecule has 2 atom stereocenters. The average molecular weight is 678 g/mol. The molecule has 4 heterocycles. The molecule has 19 heteroatoms. The summed E-state index contributed by atoms with van der Waals surface area (Å²) in [6, 6.07) is 13.8. The topological polar surface area (TPSA) is 141 Å². The number of hydrogen-bond donors (Lipinski definition) is 2. The summed E-state index contributed by atoms with van der Waals surface area (Å²) in [5.41, 5.74) is -8.68. The molecule has 0 bridgehead atoms. The second-order valence-corrected chi connectivity index (χ2v) is 11.7. The van der Waals surface area contributed by atoms with Gasteiger partial charge >= 0.3 is 31.3 Å². The fourth-order valence-corrected chi connectivity index (χ4v) is 4.37. The standard InChI is InChI=1S/C20H26N4.2CHF3O3S.Fe/c1-3-11-21-17(7-1)15-23-13-5-9-19(23)20-10-6-14-24(20)16-18-8-2-4-12-22-18;2*2-1(3,4)8(5,6)7;/h1-4,7-8,11-12,19-20H,5-6,9-10,13-16H2;2*(H,5,6,7);/t19-,20-;;;/m0.../s1. The number of alkyl halides is 6. The van der Waals surface area contributed by atoms with Gasteiger partial charge in [-0.05, 0) is 63.0 Å². The van der Waals surface area contributed by atoms with Crippen LogP contribution in [0, 0.1) is 0 Å². The minimum absolute atomic E-state index is 0. The molecule has 0 unspecified atom stereocenters. The largest absolute Gasteiger partial charge is 0.522 e. The Hall–Kier alpha value is -1.86. The number of pyridine rings is 2. The van der Waals surface area contributed by atoms with Crippen LogP contribution in [0.2, 0.25) is 0 Å². The van der Waals surface area contributed by atoms with Gasteiger partial charge in [-0.25, -0.2) is 0 Å². The molecule has 2 N–H and O–H groups in total. The van der Waals surface area contributed by atoms with E-state index in [1.165, 1.54) is 50.2 Å². The molecule has 234 valence electrons. The zero-order valence-corrected chi connectivity index (χ0v) is 23.9. The Labute approximate surface area is 244 Å². The van der Waals surface area contributed by atoms with Crippen LogP contribution in [0.5, 0.6) is 0 Å². The molecule has 2 aliphatic heterocycles. The summed E-state index contributed by atoms with van der Waals surface area (Å²) in [5, 5.41) is 0. The van der Waals surface area contributed by atoms with Gasteiger partial charge in [-0.1, -0.05) is 12.1 Å². The van der Waals surface area contributed by atoms with Gasteiger partial charge in [0.15, 0.2) is 0 Å². The summed E-state index contributed by atoms with van der Waals surface area (Å²) in [4.78, 5) is 14.4. The predicted octanol–water partition coefficient (Wildman–Crippen LogP) is 3.89. The van der Waals surface area contributed by atoms with Crippen LogP contribution in [-0.4, -0.2) is 81.9 Å². The molecule has 0 amide bonds. The van der Waals surface area contributed by atoms with E-state index in [0.29, 0.717) is 12.1 Å². The van der Waals surface area contributed by atoms with Gasteiger partial charge in [0.2, 0.25) is 0 Å². The van der Waals surface area contributed by atoms with Crippen molar-refractivity contribution in [1.29, 1.82) is 0 Å². The Bertz CT molecular complexity index is 1170. The number of aromatic nitrogens is 2. The molecule has 0 radical (unpaired) electrons. The Kier molecular flexibility index (Phi) is 14.1. The number of rotatable bonds is 5. The van der Waals surface area contributed by atoms with Crippen molar-refractivity contribution in [3.05, 3.63) is 60.2 Å². The third kappa shape index (κ3) is 12.1. The summed E-state index contributed by atoms with van der Waals surface area (Å²) < 4.78 is 115. The van der Waals surface area contributed by atoms with Gasteiger partial charge in [0, 0.05) is 54.6 Å². The molecule has 0 aliphatic carbocycles. The van der Waals surface area contributed by atoms with Crippen LogP contribution in [0.4, 0.5) is 26.3 Å². The van der Waals surface area contributed by atoms with Crippen molar-refractivity contribution < 1.29 is 69.4 Å². The second kappa shape index (κ2) is 15.6. The van der Waals surface area contributed by atoms with Crippen LogP contribution < -0.4 is 0 Å². The fourth-order valence-electron chi connectivity index (χ4n) is 4.37. The van der Waals surface area contributed by atoms with E-state index < -0.39 is 31.3 Å². The first-order chi connectivity index (χ1) is 18.4. The smallest absolute Gasteiger partial charge is 0.293 e. The zero-order chi connectivity index (χ0) is 30.2. The SMILES string of the molecule is O=S(=O)(O)C(F)(F)F.O=S(=O)(O)C(F)(F)F.[Fe].c1ccc(CN2CCC[C@H]2[C@@H]2CCCN2Cc2ccccn2)nc1. The molecule has 10 nitrogen and oxygen atoms in total. The minimum Gasteiger partial charge on any atom is -0.293 e. The third-order valence-corrected chi connectivity index (χ3v) is 7.21. The summed E-state index contributed by atoms with van der Waals surface area (Å²) >= 11 is 0. The maximum atomic E-state index is 10.7. The van der Waals surface area contributed by atoms with Crippen molar-refractivity contribution in [2.45, 2.75) is 61.9 Å². The van der Waals surface area contributed by atoms with E-state index in [1.807, 2.05) is 24.5 Å². The van der Waals surface area contributed by atoms with Gasteiger partial charge in [-0.3, -0.25) is 28.9 Å². The molecular formula is C22H28F6FeN4O6S2. The van der Waals surface area contributed by atoms with E-state index in [4.69, 9.17) is 25.9 Å². The van der Waals surface area contributed by atoms with Gasteiger partial charge in [-0.15, -0.1) is 0 Å². The Morgan fingerprint density at radius 3 is 1.27 bits per heavy atom. The Balaban J connectivity index is 0.000000413. The first-order valence-electron chi connectivity index (χ1n) is 11.8. The molecule has 2 fully saturated rings. The van der Waals surface area contributed by atoms with Crippen molar-refractivity contribution in [2.75, 3.05) is 13.1 Å². The Morgan fingerprint density at radius 2 is 1.02 bits per heavy atom. The first-order valence-corrected chi connectivity index (χ1v) is 14.6. The van der Waals surface area contributed by atoms with E-state index in [1.54, 1.807) is 0 Å². The molecule has 2 aromatic rings. The third-order valence-electron chi connectivity index (χ3n) is 6.04. The molecule has 0 saturated carbocycles. The van der Waals surface area contributed by atoms with Crippen LogP contribution in [-0.2, 0) is 50.4 Å². The van der Waals surface area contributed by atoms with E-state index in [-0.39, 0.29) is 17.1 Å². The summed E-state index contributed by atoms with van der Waals surface area (Å²) in [6.45, 7) is 4.38. The van der Waals surface area contributed by atoms with Crippen LogP contribution in [0.15, 0.2) is 48.8 Å². The molecule has 41 heavy (non-hydrogen) atoms. The quantitative estimate of drug-likeness (QED) is 0.207. The van der Waals surface area contributed by atoms with Crippen molar-refractivity contribution in [3.63, 3.8) is 0 Å². The average Bonchev–Trinajstić information content (AvgIpc) is 3.48. The van der Waals surface area contributed by atoms with E-state index >= 15 is 0 Å². The predicted molar refractivity (Wildman–Crippen MR) is 131 cm³/mol. The van der Waals surface area contributed by atoms with Gasteiger partial charge in [-0.2, -0.15) is 43.2 Å². The van der Waals surface area contributed by atoms with Gasteiger partial charge in [0.25, 0.3) is 0 Å². The maximum absolute atomic E-state index is 10.7. The molecule has 2 aliphatic rings. The summed E-state index contributed by atoms with van der Waals surface area (Å²) in [6.07, 6.45) is 9.07. The minimum atomic E-state index is -5.84. The van der Waals surface area contributed by atoms with Crippen molar-refractivity contribution in [1.82, 2.24) is 19.8 Å². The maximum Gasteiger partial charge on any atom is 0.522 e. The van der Waals surface area contributed by atoms with Gasteiger partial charge < -0.3 is 0 Å². The molecular weight excluding hydrogens is 650 g/mol. The zero-order valence-electron chi connectivity index (χ0n) is 21.2. The van der Waals surface area contributed by atoms with E-state index in [9.17, 15) is 26.3 Å². The molecule has 2 aromatic heterocycles. The first kappa shape index (κ1) is 37.2. The van der Waals surface area contributed by atoms with Gasteiger partial charge in [0.1, 0.15) is 0 Å². The van der Waals surface area contributed by atoms with Gasteiger partial charge in [0.05, 0.1) is 11.4 Å². The van der Waals surface area contributed by atoms with Crippen LogP contribution in [0.25, 0.3) is 0 Å². The molecule has 0 spiro atoms. The number of halogens is 6. The molecule has 2 saturated heterocycles. The van der Waals surface area contributed by atoms with E-state index in [2.05, 4.69) is 44.0 Å². The number of likely N-dealkylation sites (tertiary alicyclic amines) is 2. The van der Waals surface area contributed by atoms with Crippen molar-refractivity contribution in [3.8, 4) is 0 Å². The summed E-state index contributed by atoms with van der Waals surface area (Å²) in [7, 11) is -11.7. The van der Waals surface area contributed by atoms with E-state index in [0.717, 1.165) is 13.1 Å². The fraction of sp³-hybridized carbons (Fsp3) is 0.545. The normalized spacial score (nSPS) is 20.3. The summed E-state index contributed by atoms with van der Waals surface area (Å²) in [5.74, 6) is 0. The monoisotopic (exact) mass is 678 g/mol. The molecule has 0 aromatic carbocycles. The molecule has 4 rings (SSSR count). The van der Waals surface area contributed by atoms with Crippen molar-refractivity contribution in [2.24, 2.45) is 0 Å². The number of hydrogen-bond acceptors (Lipinski definition) is 8. The van der Waals surface area contributed by atoms with Crippen LogP contribution in [0.3, 0.4) is 0 Å². The second-order valence-electron chi connectivity index (χ2n) is 8.84.